The summed E-state index contributed by atoms with van der Waals surface area (Å²) in [5, 5.41) is 0. The first-order chi connectivity index (χ1) is 5.67. The smallest absolute Gasteiger partial charge is 0.119 e. The Morgan fingerprint density at radius 2 is 2.25 bits per heavy atom. The van der Waals surface area contributed by atoms with Crippen LogP contribution in [0.25, 0.3) is 0 Å². The summed E-state index contributed by atoms with van der Waals surface area (Å²) in [7, 11) is 1.77. The fourth-order valence-electron chi connectivity index (χ4n) is 2.35. The topological polar surface area (TPSA) is 21.8 Å². The lowest BCUT2D eigenvalue weighted by atomic mass is 9.99. The second-order valence-electron chi connectivity index (χ2n) is 3.97. The maximum absolute atomic E-state index is 5.62. The molecule has 1 aliphatic carbocycles. The zero-order valence-corrected chi connectivity index (χ0v) is 7.96. The summed E-state index contributed by atoms with van der Waals surface area (Å²) in [6.45, 7) is 4.20. The lowest BCUT2D eigenvalue weighted by Gasteiger charge is -2.23. The number of methoxy groups -OCH3 is 1. The van der Waals surface area contributed by atoms with Crippen LogP contribution in [0.4, 0.5) is 0 Å². The van der Waals surface area contributed by atoms with Crippen molar-refractivity contribution in [3.05, 3.63) is 12.2 Å². The highest BCUT2D eigenvalue weighted by molar-refractivity contribution is 5.24. The summed E-state index contributed by atoms with van der Waals surface area (Å²) in [4.78, 5) is 0. The van der Waals surface area contributed by atoms with Gasteiger partial charge in [0.05, 0.1) is 5.60 Å². The molecule has 0 amide bonds. The molecule has 1 heterocycles. The van der Waals surface area contributed by atoms with Crippen molar-refractivity contribution in [3.63, 3.8) is 0 Å². The molecule has 0 aromatic carbocycles. The second-order valence-corrected chi connectivity index (χ2v) is 3.97. The van der Waals surface area contributed by atoms with Crippen LogP contribution >= 0.6 is 0 Å². The van der Waals surface area contributed by atoms with Gasteiger partial charge in [-0.1, -0.05) is 12.2 Å². The zero-order chi connectivity index (χ0) is 8.82. The van der Waals surface area contributed by atoms with Crippen molar-refractivity contribution in [2.75, 3.05) is 7.11 Å². The Morgan fingerprint density at radius 3 is 2.58 bits per heavy atom. The van der Waals surface area contributed by atoms with Crippen LogP contribution in [-0.2, 0) is 9.47 Å². The van der Waals surface area contributed by atoms with E-state index < -0.39 is 0 Å². The monoisotopic (exact) mass is 168 g/mol. The number of hydrogen-bond donors (Lipinski definition) is 0. The van der Waals surface area contributed by atoms with Crippen molar-refractivity contribution in [2.45, 2.75) is 44.0 Å². The molecule has 2 fully saturated rings. The molecule has 2 nitrogen and oxygen atoms in total. The number of epoxide rings is 1. The van der Waals surface area contributed by atoms with Crippen molar-refractivity contribution in [2.24, 2.45) is 0 Å². The van der Waals surface area contributed by atoms with Crippen LogP contribution in [0, 0.1) is 0 Å². The van der Waals surface area contributed by atoms with Gasteiger partial charge in [0.2, 0.25) is 0 Å². The quantitative estimate of drug-likeness (QED) is 0.464. The number of ether oxygens (including phenoxy) is 2. The van der Waals surface area contributed by atoms with E-state index in [0.717, 1.165) is 12.8 Å². The van der Waals surface area contributed by atoms with Gasteiger partial charge in [0.15, 0.2) is 0 Å². The van der Waals surface area contributed by atoms with Crippen LogP contribution in [0.2, 0.25) is 0 Å². The summed E-state index contributed by atoms with van der Waals surface area (Å²) < 4.78 is 11.2. The predicted octanol–water partition coefficient (Wildman–Crippen LogP) is 1.90. The maximum Gasteiger partial charge on any atom is 0.119 e. The highest BCUT2D eigenvalue weighted by Gasteiger charge is 2.67. The van der Waals surface area contributed by atoms with E-state index in [-0.39, 0.29) is 11.2 Å². The number of hydrogen-bond acceptors (Lipinski definition) is 2. The van der Waals surface area contributed by atoms with Gasteiger partial charge >= 0.3 is 0 Å². The third kappa shape index (κ3) is 0.882. The average Bonchev–Trinajstić information content (AvgIpc) is 2.67. The van der Waals surface area contributed by atoms with Gasteiger partial charge in [0.1, 0.15) is 11.7 Å². The van der Waals surface area contributed by atoms with Crippen LogP contribution < -0.4 is 0 Å². The Morgan fingerprint density at radius 1 is 1.50 bits per heavy atom. The summed E-state index contributed by atoms with van der Waals surface area (Å²) in [6, 6.07) is 0. The van der Waals surface area contributed by atoms with Crippen LogP contribution in [0.1, 0.15) is 26.7 Å². The lowest BCUT2D eigenvalue weighted by Crippen LogP contribution is -2.32. The van der Waals surface area contributed by atoms with Gasteiger partial charge in [-0.15, -0.1) is 0 Å². The first kappa shape index (κ1) is 8.27. The molecule has 1 unspecified atom stereocenters. The highest BCUT2D eigenvalue weighted by atomic mass is 16.6. The number of allylic oxidation sites excluding steroid dienone is 1. The third-order valence-corrected chi connectivity index (χ3v) is 3.17. The fraction of sp³-hybridized carbons (Fsp3) is 0.800. The summed E-state index contributed by atoms with van der Waals surface area (Å²) in [5.41, 5.74) is -0.000972. The molecule has 0 bridgehead atoms. The van der Waals surface area contributed by atoms with Crippen LogP contribution in [0.15, 0.2) is 12.2 Å². The first-order valence-electron chi connectivity index (χ1n) is 4.54. The Kier molecular flexibility index (Phi) is 1.61. The molecule has 3 atom stereocenters. The van der Waals surface area contributed by atoms with Gasteiger partial charge in [0.25, 0.3) is 0 Å². The first-order valence-corrected chi connectivity index (χ1v) is 4.54. The van der Waals surface area contributed by atoms with Crippen molar-refractivity contribution >= 4 is 0 Å². The van der Waals surface area contributed by atoms with Crippen molar-refractivity contribution in [1.82, 2.24) is 0 Å². The maximum atomic E-state index is 5.62. The summed E-state index contributed by atoms with van der Waals surface area (Å²) in [5.74, 6) is 0. The Labute approximate surface area is 73.5 Å². The van der Waals surface area contributed by atoms with Crippen molar-refractivity contribution in [1.29, 1.82) is 0 Å². The van der Waals surface area contributed by atoms with E-state index in [1.54, 1.807) is 7.11 Å². The van der Waals surface area contributed by atoms with Crippen molar-refractivity contribution in [3.8, 4) is 0 Å². The van der Waals surface area contributed by atoms with E-state index in [9.17, 15) is 0 Å². The van der Waals surface area contributed by atoms with E-state index in [2.05, 4.69) is 19.1 Å². The predicted molar refractivity (Wildman–Crippen MR) is 47.1 cm³/mol. The van der Waals surface area contributed by atoms with E-state index in [1.165, 1.54) is 0 Å². The molecule has 0 spiro atoms. The van der Waals surface area contributed by atoms with Crippen LogP contribution in [0.5, 0.6) is 0 Å². The molecule has 2 rings (SSSR count). The summed E-state index contributed by atoms with van der Waals surface area (Å²) >= 11 is 0. The van der Waals surface area contributed by atoms with Crippen molar-refractivity contribution < 1.29 is 9.47 Å². The molecule has 2 heteroatoms. The van der Waals surface area contributed by atoms with E-state index in [1.807, 2.05) is 6.92 Å². The van der Waals surface area contributed by atoms with E-state index >= 15 is 0 Å². The SMILES string of the molecule is C/C=C\[C@@]1(OC)CC[C@]2(C)OC12. The van der Waals surface area contributed by atoms with Gasteiger partial charge in [-0.05, 0) is 26.7 Å². The molecule has 0 aromatic heterocycles. The minimum atomic E-state index is -0.122. The minimum absolute atomic E-state index is 0.121. The molecule has 1 saturated heterocycles. The van der Waals surface area contributed by atoms with Gasteiger partial charge in [-0.2, -0.15) is 0 Å². The second kappa shape index (κ2) is 2.33. The minimum Gasteiger partial charge on any atom is -0.371 e. The van der Waals surface area contributed by atoms with E-state index in [4.69, 9.17) is 9.47 Å². The molecular weight excluding hydrogens is 152 g/mol. The molecule has 12 heavy (non-hydrogen) atoms. The molecule has 68 valence electrons. The molecule has 2 aliphatic rings. The molecule has 1 aliphatic heterocycles. The third-order valence-electron chi connectivity index (χ3n) is 3.17. The average molecular weight is 168 g/mol. The van der Waals surface area contributed by atoms with Gasteiger partial charge in [-0.25, -0.2) is 0 Å². The Hall–Kier alpha value is -0.340. The molecule has 0 radical (unpaired) electrons. The van der Waals surface area contributed by atoms with Gasteiger partial charge < -0.3 is 9.47 Å². The largest absolute Gasteiger partial charge is 0.371 e. The van der Waals surface area contributed by atoms with Crippen LogP contribution in [0.3, 0.4) is 0 Å². The van der Waals surface area contributed by atoms with Crippen LogP contribution in [-0.4, -0.2) is 24.4 Å². The van der Waals surface area contributed by atoms with E-state index in [0.29, 0.717) is 6.10 Å². The zero-order valence-electron chi connectivity index (χ0n) is 7.96. The Balaban J connectivity index is 2.20. The molecule has 0 N–H and O–H groups in total. The number of fused-ring (bicyclic) bond motifs is 1. The molecule has 0 aromatic rings. The van der Waals surface area contributed by atoms with Gasteiger partial charge in [0, 0.05) is 7.11 Å². The number of rotatable bonds is 2. The summed E-state index contributed by atoms with van der Waals surface area (Å²) in [6.07, 6.45) is 6.70. The molecular formula is C10H16O2. The molecule has 1 saturated carbocycles. The highest BCUT2D eigenvalue weighted by Crippen LogP contribution is 2.56. The van der Waals surface area contributed by atoms with Gasteiger partial charge in [-0.3, -0.25) is 0 Å². The fourth-order valence-corrected chi connectivity index (χ4v) is 2.35. The Bertz CT molecular complexity index is 224. The lowest BCUT2D eigenvalue weighted by molar-refractivity contribution is -0.0000380. The normalized spacial score (nSPS) is 51.4. The standard InChI is InChI=1S/C10H16O2/c1-4-5-10(11-3)7-6-9(2)8(10)12-9/h4-5,8H,6-7H2,1-3H3/b5-4-/t8?,9-,10+/m0/s1.